The second-order valence-corrected chi connectivity index (χ2v) is 6.96. The topological polar surface area (TPSA) is 63.6 Å². The molecule has 0 aliphatic heterocycles. The largest absolute Gasteiger partial charge is 0.481 e. The maximum atomic E-state index is 12.4. The van der Waals surface area contributed by atoms with Gasteiger partial charge in [-0.05, 0) is 56.8 Å². The molecular formula is C15H22O4. The zero-order valence-electron chi connectivity index (χ0n) is 11.5. The summed E-state index contributed by atoms with van der Waals surface area (Å²) in [7, 11) is 0. The van der Waals surface area contributed by atoms with E-state index in [4.69, 9.17) is 4.74 Å². The van der Waals surface area contributed by atoms with Crippen molar-refractivity contribution in [1.29, 1.82) is 0 Å². The standard InChI is InChI=1S/C15H22O4/c1-2-3-19-13(18)15-7-10-4-11(8-15)6-14(5-10,9-15)12(16)17/h10-11H,2-9H2,1H3,(H,16,17). The monoisotopic (exact) mass is 266 g/mol. The Bertz CT molecular complexity index is 400. The summed E-state index contributed by atoms with van der Waals surface area (Å²) in [6, 6.07) is 0. The minimum Gasteiger partial charge on any atom is -0.481 e. The van der Waals surface area contributed by atoms with Gasteiger partial charge in [0.15, 0.2) is 0 Å². The number of carbonyl (C=O) groups excluding carboxylic acids is 1. The van der Waals surface area contributed by atoms with Crippen molar-refractivity contribution >= 4 is 11.9 Å². The molecule has 4 heteroatoms. The molecule has 4 fully saturated rings. The molecule has 0 amide bonds. The van der Waals surface area contributed by atoms with Crippen molar-refractivity contribution in [3.05, 3.63) is 0 Å². The van der Waals surface area contributed by atoms with Crippen LogP contribution in [0.5, 0.6) is 0 Å². The van der Waals surface area contributed by atoms with Gasteiger partial charge in [0.2, 0.25) is 0 Å². The minimum absolute atomic E-state index is 0.130. The molecule has 2 unspecified atom stereocenters. The first-order valence-electron chi connectivity index (χ1n) is 7.40. The lowest BCUT2D eigenvalue weighted by Gasteiger charge is -2.59. The summed E-state index contributed by atoms with van der Waals surface area (Å²) in [6.07, 6.45) is 5.66. The molecule has 0 saturated heterocycles. The van der Waals surface area contributed by atoms with Gasteiger partial charge in [0, 0.05) is 0 Å². The fraction of sp³-hybridized carbons (Fsp3) is 0.867. The predicted molar refractivity (Wildman–Crippen MR) is 68.4 cm³/mol. The zero-order chi connectivity index (χ0) is 13.7. The predicted octanol–water partition coefficient (Wildman–Crippen LogP) is 2.61. The van der Waals surface area contributed by atoms with Gasteiger partial charge >= 0.3 is 11.9 Å². The van der Waals surface area contributed by atoms with Crippen LogP contribution >= 0.6 is 0 Å². The molecule has 0 spiro atoms. The van der Waals surface area contributed by atoms with Crippen molar-refractivity contribution in [3.8, 4) is 0 Å². The molecule has 4 rings (SSSR count). The van der Waals surface area contributed by atoms with Gasteiger partial charge in [-0.1, -0.05) is 6.92 Å². The van der Waals surface area contributed by atoms with E-state index in [-0.39, 0.29) is 5.97 Å². The van der Waals surface area contributed by atoms with E-state index in [0.717, 1.165) is 38.5 Å². The second kappa shape index (κ2) is 4.22. The minimum atomic E-state index is -0.700. The summed E-state index contributed by atoms with van der Waals surface area (Å²) in [5.74, 6) is -0.0126. The third kappa shape index (κ3) is 1.87. The van der Waals surface area contributed by atoms with Crippen LogP contribution in [0, 0.1) is 22.7 Å². The number of aliphatic carboxylic acids is 1. The Morgan fingerprint density at radius 3 is 2.26 bits per heavy atom. The number of carboxylic acids is 1. The second-order valence-electron chi connectivity index (χ2n) is 6.96. The third-order valence-corrected chi connectivity index (χ3v) is 5.39. The first-order valence-corrected chi connectivity index (χ1v) is 7.40. The van der Waals surface area contributed by atoms with Gasteiger partial charge in [-0.3, -0.25) is 9.59 Å². The molecule has 0 aromatic rings. The average molecular weight is 266 g/mol. The molecule has 4 aliphatic rings. The smallest absolute Gasteiger partial charge is 0.312 e. The fourth-order valence-electron chi connectivity index (χ4n) is 5.10. The number of hydrogen-bond donors (Lipinski definition) is 1. The molecule has 0 aromatic heterocycles. The lowest BCUT2D eigenvalue weighted by Crippen LogP contribution is -2.57. The van der Waals surface area contributed by atoms with E-state index in [2.05, 4.69) is 0 Å². The van der Waals surface area contributed by atoms with Crippen LogP contribution in [0.25, 0.3) is 0 Å². The maximum Gasteiger partial charge on any atom is 0.312 e. The highest BCUT2D eigenvalue weighted by Gasteiger charge is 2.63. The zero-order valence-corrected chi connectivity index (χ0v) is 11.5. The summed E-state index contributed by atoms with van der Waals surface area (Å²) >= 11 is 0. The lowest BCUT2D eigenvalue weighted by atomic mass is 9.44. The van der Waals surface area contributed by atoms with Crippen LogP contribution in [0.4, 0.5) is 0 Å². The maximum absolute atomic E-state index is 12.4. The van der Waals surface area contributed by atoms with E-state index in [1.54, 1.807) is 0 Å². The van der Waals surface area contributed by atoms with Crippen LogP contribution in [0.2, 0.25) is 0 Å². The van der Waals surface area contributed by atoms with E-state index in [0.29, 0.717) is 24.9 Å². The molecule has 4 nitrogen and oxygen atoms in total. The Morgan fingerprint density at radius 1 is 1.16 bits per heavy atom. The molecule has 19 heavy (non-hydrogen) atoms. The van der Waals surface area contributed by atoms with Crippen LogP contribution < -0.4 is 0 Å². The van der Waals surface area contributed by atoms with Crippen LogP contribution in [-0.2, 0) is 14.3 Å². The Balaban J connectivity index is 1.87. The fourth-order valence-corrected chi connectivity index (χ4v) is 5.10. The quantitative estimate of drug-likeness (QED) is 0.794. The van der Waals surface area contributed by atoms with E-state index in [9.17, 15) is 14.7 Å². The van der Waals surface area contributed by atoms with Gasteiger partial charge in [0.1, 0.15) is 0 Å². The van der Waals surface area contributed by atoms with Crippen LogP contribution in [0.1, 0.15) is 51.9 Å². The van der Waals surface area contributed by atoms with E-state index in [1.807, 2.05) is 6.92 Å². The summed E-state index contributed by atoms with van der Waals surface area (Å²) in [6.45, 7) is 2.43. The molecule has 0 aromatic carbocycles. The van der Waals surface area contributed by atoms with Gasteiger partial charge in [-0.15, -0.1) is 0 Å². The Labute approximate surface area is 113 Å². The van der Waals surface area contributed by atoms with Gasteiger partial charge < -0.3 is 9.84 Å². The first kappa shape index (κ1) is 12.9. The number of esters is 1. The van der Waals surface area contributed by atoms with Gasteiger partial charge in [-0.25, -0.2) is 0 Å². The van der Waals surface area contributed by atoms with Crippen molar-refractivity contribution in [3.63, 3.8) is 0 Å². The van der Waals surface area contributed by atoms with E-state index >= 15 is 0 Å². The number of carbonyl (C=O) groups is 2. The Morgan fingerprint density at radius 2 is 1.74 bits per heavy atom. The highest BCUT2D eigenvalue weighted by molar-refractivity contribution is 5.82. The SMILES string of the molecule is CCCOC(=O)C12CC3CC(CC(C(=O)O)(C3)C1)C2. The molecule has 4 bridgehead atoms. The molecular weight excluding hydrogens is 244 g/mol. The van der Waals surface area contributed by atoms with Crippen molar-refractivity contribution < 1.29 is 19.4 Å². The number of hydrogen-bond acceptors (Lipinski definition) is 3. The highest BCUT2D eigenvalue weighted by atomic mass is 16.5. The van der Waals surface area contributed by atoms with Crippen molar-refractivity contribution in [2.24, 2.45) is 22.7 Å². The molecule has 2 atom stereocenters. The molecule has 106 valence electrons. The molecule has 1 N–H and O–H groups in total. The van der Waals surface area contributed by atoms with E-state index in [1.165, 1.54) is 0 Å². The average Bonchev–Trinajstić information content (AvgIpc) is 2.34. The first-order chi connectivity index (χ1) is 9.00. The third-order valence-electron chi connectivity index (χ3n) is 5.39. The number of ether oxygens (including phenoxy) is 1. The molecule has 0 heterocycles. The lowest BCUT2D eigenvalue weighted by molar-refractivity contribution is -0.190. The van der Waals surface area contributed by atoms with Crippen LogP contribution in [0.15, 0.2) is 0 Å². The van der Waals surface area contributed by atoms with Gasteiger partial charge in [0.25, 0.3) is 0 Å². The van der Waals surface area contributed by atoms with Gasteiger partial charge in [0.05, 0.1) is 17.4 Å². The summed E-state index contributed by atoms with van der Waals surface area (Å²) in [4.78, 5) is 24.1. The van der Waals surface area contributed by atoms with Crippen LogP contribution in [-0.4, -0.2) is 23.7 Å². The van der Waals surface area contributed by atoms with Crippen molar-refractivity contribution in [2.75, 3.05) is 6.61 Å². The van der Waals surface area contributed by atoms with Crippen molar-refractivity contribution in [1.82, 2.24) is 0 Å². The number of rotatable bonds is 4. The summed E-state index contributed by atoms with van der Waals surface area (Å²) in [5.41, 5.74) is -1.13. The van der Waals surface area contributed by atoms with E-state index < -0.39 is 16.8 Å². The Hall–Kier alpha value is -1.06. The highest BCUT2D eigenvalue weighted by Crippen LogP contribution is 2.65. The molecule has 4 saturated carbocycles. The summed E-state index contributed by atoms with van der Waals surface area (Å²) in [5, 5.41) is 9.60. The van der Waals surface area contributed by atoms with Gasteiger partial charge in [-0.2, -0.15) is 0 Å². The van der Waals surface area contributed by atoms with Crippen molar-refractivity contribution in [2.45, 2.75) is 51.9 Å². The normalized spacial score (nSPS) is 43.2. The van der Waals surface area contributed by atoms with Crippen LogP contribution in [0.3, 0.4) is 0 Å². The molecule has 4 aliphatic carbocycles. The molecule has 0 radical (unpaired) electrons. The Kier molecular flexibility index (Phi) is 2.88. The summed E-state index contributed by atoms with van der Waals surface area (Å²) < 4.78 is 5.37. The number of carboxylic acid groups (broad SMARTS) is 1.